The van der Waals surface area contributed by atoms with Crippen molar-refractivity contribution in [1.82, 2.24) is 10.3 Å². The molecule has 0 radical (unpaired) electrons. The molecule has 1 aliphatic carbocycles. The van der Waals surface area contributed by atoms with E-state index in [1.807, 2.05) is 5.51 Å². The van der Waals surface area contributed by atoms with Gasteiger partial charge in [-0.2, -0.15) is 0 Å². The summed E-state index contributed by atoms with van der Waals surface area (Å²) in [4.78, 5) is 5.68. The van der Waals surface area contributed by atoms with E-state index >= 15 is 0 Å². The van der Waals surface area contributed by atoms with Gasteiger partial charge in [-0.05, 0) is 27.2 Å². The number of nitrogens with zero attached hydrogens (tertiary/aromatic N) is 1. The summed E-state index contributed by atoms with van der Waals surface area (Å²) in [5.41, 5.74) is 3.30. The molecule has 3 nitrogen and oxygen atoms in total. The molecule has 1 N–H and O–H groups in total. The number of hydrogen-bond donors (Lipinski definition) is 1. The Hall–Kier alpha value is -0.450. The summed E-state index contributed by atoms with van der Waals surface area (Å²) in [5.74, 6) is 0. The van der Waals surface area contributed by atoms with Crippen LogP contribution in [0.3, 0.4) is 0 Å². The first-order chi connectivity index (χ1) is 8.46. The summed E-state index contributed by atoms with van der Waals surface area (Å²) in [6.45, 7) is 11.8. The number of hydrogen-bond acceptors (Lipinski definition) is 4. The van der Waals surface area contributed by atoms with Crippen molar-refractivity contribution in [2.24, 2.45) is 5.41 Å². The molecule has 1 aliphatic rings. The van der Waals surface area contributed by atoms with E-state index in [0.29, 0.717) is 18.2 Å². The highest BCUT2D eigenvalue weighted by Gasteiger charge is 2.49. The molecule has 102 valence electrons. The van der Waals surface area contributed by atoms with Crippen LogP contribution < -0.4 is 5.32 Å². The second kappa shape index (κ2) is 5.27. The standard InChI is InChI=1S/C14H24N2OS/c1-6-17-12-7-11(14(12,4)5)16-10(3)13-9(2)15-8-18-13/h8,10-12,16H,6-7H2,1-5H3. The lowest BCUT2D eigenvalue weighted by atomic mass is 9.64. The lowest BCUT2D eigenvalue weighted by Gasteiger charge is -2.52. The van der Waals surface area contributed by atoms with Crippen LogP contribution in [0.2, 0.25) is 0 Å². The van der Waals surface area contributed by atoms with Crippen molar-refractivity contribution in [3.05, 3.63) is 16.1 Å². The Kier molecular flexibility index (Phi) is 4.09. The summed E-state index contributed by atoms with van der Waals surface area (Å²) < 4.78 is 5.77. The normalized spacial score (nSPS) is 27.8. The predicted octanol–water partition coefficient (Wildman–Crippen LogP) is 3.31. The van der Waals surface area contributed by atoms with Crippen LogP contribution in [0.4, 0.5) is 0 Å². The molecule has 1 saturated carbocycles. The van der Waals surface area contributed by atoms with E-state index in [0.717, 1.165) is 18.7 Å². The summed E-state index contributed by atoms with van der Waals surface area (Å²) in [7, 11) is 0. The number of thiazole rings is 1. The van der Waals surface area contributed by atoms with Crippen LogP contribution in [-0.2, 0) is 4.74 Å². The molecule has 4 heteroatoms. The highest BCUT2D eigenvalue weighted by atomic mass is 32.1. The first-order valence-electron chi connectivity index (χ1n) is 6.74. The van der Waals surface area contributed by atoms with Gasteiger partial charge in [-0.3, -0.25) is 0 Å². The summed E-state index contributed by atoms with van der Waals surface area (Å²) >= 11 is 1.74. The smallest absolute Gasteiger partial charge is 0.0798 e. The van der Waals surface area contributed by atoms with Gasteiger partial charge in [-0.25, -0.2) is 4.98 Å². The Bertz CT molecular complexity index is 402. The van der Waals surface area contributed by atoms with E-state index in [4.69, 9.17) is 4.74 Å². The summed E-state index contributed by atoms with van der Waals surface area (Å²) in [6, 6.07) is 0.912. The predicted molar refractivity (Wildman–Crippen MR) is 76.0 cm³/mol. The number of nitrogens with one attached hydrogen (secondary N) is 1. The Balaban J connectivity index is 1.94. The maximum atomic E-state index is 5.77. The molecule has 2 rings (SSSR count). The third kappa shape index (κ3) is 2.46. The van der Waals surface area contributed by atoms with Crippen molar-refractivity contribution in [3.63, 3.8) is 0 Å². The van der Waals surface area contributed by atoms with Gasteiger partial charge >= 0.3 is 0 Å². The number of rotatable bonds is 5. The maximum Gasteiger partial charge on any atom is 0.0798 e. The lowest BCUT2D eigenvalue weighted by Crippen LogP contribution is -2.61. The molecule has 0 spiro atoms. The minimum atomic E-state index is 0.225. The van der Waals surface area contributed by atoms with Crippen LogP contribution in [0.15, 0.2) is 5.51 Å². The van der Waals surface area contributed by atoms with E-state index in [1.54, 1.807) is 11.3 Å². The van der Waals surface area contributed by atoms with E-state index in [-0.39, 0.29) is 5.41 Å². The second-order valence-corrected chi connectivity index (χ2v) is 6.63. The topological polar surface area (TPSA) is 34.1 Å². The molecule has 0 saturated heterocycles. The van der Waals surface area contributed by atoms with Gasteiger partial charge in [0.25, 0.3) is 0 Å². The van der Waals surface area contributed by atoms with Gasteiger partial charge < -0.3 is 10.1 Å². The molecule has 18 heavy (non-hydrogen) atoms. The van der Waals surface area contributed by atoms with Gasteiger partial charge in [-0.15, -0.1) is 11.3 Å². The molecule has 1 aromatic heterocycles. The summed E-state index contributed by atoms with van der Waals surface area (Å²) in [5, 5.41) is 3.73. The molecular formula is C14H24N2OS. The largest absolute Gasteiger partial charge is 0.378 e. The third-order valence-electron chi connectivity index (χ3n) is 4.17. The molecule has 1 fully saturated rings. The monoisotopic (exact) mass is 268 g/mol. The fourth-order valence-electron chi connectivity index (χ4n) is 2.76. The van der Waals surface area contributed by atoms with Crippen LogP contribution in [-0.4, -0.2) is 23.7 Å². The zero-order valence-corrected chi connectivity index (χ0v) is 12.8. The second-order valence-electron chi connectivity index (χ2n) is 5.74. The molecule has 0 bridgehead atoms. The van der Waals surface area contributed by atoms with Crippen molar-refractivity contribution in [1.29, 1.82) is 0 Å². The van der Waals surface area contributed by atoms with E-state index in [2.05, 4.69) is 44.9 Å². The Morgan fingerprint density at radius 3 is 2.83 bits per heavy atom. The van der Waals surface area contributed by atoms with Crippen molar-refractivity contribution in [2.45, 2.75) is 59.2 Å². The molecule has 0 aliphatic heterocycles. The Labute approximate surface area is 114 Å². The summed E-state index contributed by atoms with van der Waals surface area (Å²) in [6.07, 6.45) is 1.51. The molecule has 0 aromatic carbocycles. The Morgan fingerprint density at radius 2 is 2.33 bits per heavy atom. The molecule has 3 unspecified atom stereocenters. The fourth-order valence-corrected chi connectivity index (χ4v) is 3.58. The van der Waals surface area contributed by atoms with Crippen molar-refractivity contribution >= 4 is 11.3 Å². The SMILES string of the molecule is CCOC1CC(NC(C)c2scnc2C)C1(C)C. The van der Waals surface area contributed by atoms with Crippen LogP contribution in [0.25, 0.3) is 0 Å². The highest BCUT2D eigenvalue weighted by molar-refractivity contribution is 7.09. The average Bonchev–Trinajstić information content (AvgIpc) is 2.74. The quantitative estimate of drug-likeness (QED) is 0.889. The number of aromatic nitrogens is 1. The minimum absolute atomic E-state index is 0.225. The van der Waals surface area contributed by atoms with Gasteiger partial charge in [0.1, 0.15) is 0 Å². The molecular weight excluding hydrogens is 244 g/mol. The van der Waals surface area contributed by atoms with Crippen LogP contribution in [0.1, 0.15) is 50.7 Å². The van der Waals surface area contributed by atoms with Crippen molar-refractivity contribution in [3.8, 4) is 0 Å². The average molecular weight is 268 g/mol. The lowest BCUT2D eigenvalue weighted by molar-refractivity contribution is -0.116. The number of aryl methyl sites for hydroxylation is 1. The minimum Gasteiger partial charge on any atom is -0.378 e. The van der Waals surface area contributed by atoms with E-state index in [1.165, 1.54) is 4.88 Å². The zero-order valence-electron chi connectivity index (χ0n) is 12.0. The molecule has 1 aromatic rings. The van der Waals surface area contributed by atoms with Gasteiger partial charge in [0.05, 0.1) is 17.3 Å². The first kappa shape index (κ1) is 14.0. The first-order valence-corrected chi connectivity index (χ1v) is 7.62. The van der Waals surface area contributed by atoms with Gasteiger partial charge in [0, 0.05) is 29.0 Å². The van der Waals surface area contributed by atoms with Gasteiger partial charge in [-0.1, -0.05) is 13.8 Å². The van der Waals surface area contributed by atoms with E-state index in [9.17, 15) is 0 Å². The van der Waals surface area contributed by atoms with Crippen LogP contribution in [0.5, 0.6) is 0 Å². The van der Waals surface area contributed by atoms with Crippen LogP contribution in [0, 0.1) is 12.3 Å². The van der Waals surface area contributed by atoms with Gasteiger partial charge in [0.2, 0.25) is 0 Å². The number of ether oxygens (including phenoxy) is 1. The molecule has 3 atom stereocenters. The van der Waals surface area contributed by atoms with Crippen molar-refractivity contribution in [2.75, 3.05) is 6.61 Å². The van der Waals surface area contributed by atoms with Crippen LogP contribution >= 0.6 is 11.3 Å². The third-order valence-corrected chi connectivity index (χ3v) is 5.29. The van der Waals surface area contributed by atoms with Crippen molar-refractivity contribution < 1.29 is 4.74 Å². The maximum absolute atomic E-state index is 5.77. The molecule has 0 amide bonds. The molecule has 1 heterocycles. The van der Waals surface area contributed by atoms with Gasteiger partial charge in [0.15, 0.2) is 0 Å². The zero-order chi connectivity index (χ0) is 13.3. The Morgan fingerprint density at radius 1 is 1.61 bits per heavy atom. The fraction of sp³-hybridized carbons (Fsp3) is 0.786. The van der Waals surface area contributed by atoms with E-state index < -0.39 is 0 Å². The highest BCUT2D eigenvalue weighted by Crippen LogP contribution is 2.43.